The van der Waals surface area contributed by atoms with Gasteiger partial charge >= 0.3 is 0 Å². The molecule has 1 aliphatic rings. The van der Waals surface area contributed by atoms with E-state index in [1.807, 2.05) is 6.92 Å². The first kappa shape index (κ1) is 14.9. The third-order valence-electron chi connectivity index (χ3n) is 3.30. The van der Waals surface area contributed by atoms with E-state index in [4.69, 9.17) is 5.73 Å². The first-order chi connectivity index (χ1) is 7.62. The number of hydrogen-bond donors (Lipinski definition) is 1. The molecule has 0 radical (unpaired) electrons. The van der Waals surface area contributed by atoms with Crippen LogP contribution in [0.2, 0.25) is 0 Å². The van der Waals surface area contributed by atoms with Crippen LogP contribution in [0.3, 0.4) is 0 Å². The van der Waals surface area contributed by atoms with Crippen LogP contribution in [-0.2, 0) is 19.7 Å². The Kier molecular flexibility index (Phi) is 4.60. The van der Waals surface area contributed by atoms with Gasteiger partial charge in [0.2, 0.25) is 0 Å². The fraction of sp³-hybridized carbons (Fsp3) is 1.00. The Morgan fingerprint density at radius 2 is 1.71 bits per heavy atom. The highest BCUT2D eigenvalue weighted by molar-refractivity contribution is 7.95. The van der Waals surface area contributed by atoms with Crippen LogP contribution in [0.5, 0.6) is 0 Å². The molecule has 2 N–H and O–H groups in total. The van der Waals surface area contributed by atoms with E-state index in [0.717, 1.165) is 12.7 Å². The zero-order valence-electron chi connectivity index (χ0n) is 10.3. The van der Waals surface area contributed by atoms with Crippen LogP contribution in [0.25, 0.3) is 0 Å². The summed E-state index contributed by atoms with van der Waals surface area (Å²) >= 11 is 0. The van der Waals surface area contributed by atoms with Crippen LogP contribution >= 0.6 is 0 Å². The summed E-state index contributed by atoms with van der Waals surface area (Å²) in [7, 11) is -6.65. The largest absolute Gasteiger partial charge is 0.327 e. The molecule has 1 saturated carbocycles. The molecule has 1 rings (SSSR count). The summed E-state index contributed by atoms with van der Waals surface area (Å²) in [4.78, 5) is 0. The fourth-order valence-corrected chi connectivity index (χ4v) is 5.92. The SMILES string of the molecule is CC1CCC(N)C(S(=O)(=O)CCS(C)(=O)=O)C1. The molecule has 5 nitrogen and oxygen atoms in total. The Bertz CT molecular complexity index is 455. The summed E-state index contributed by atoms with van der Waals surface area (Å²) in [6.45, 7) is 2.00. The molecule has 0 amide bonds. The van der Waals surface area contributed by atoms with Crippen molar-refractivity contribution in [2.24, 2.45) is 11.7 Å². The van der Waals surface area contributed by atoms with E-state index in [9.17, 15) is 16.8 Å². The highest BCUT2D eigenvalue weighted by Crippen LogP contribution is 2.28. The molecular weight excluding hydrogens is 262 g/mol. The van der Waals surface area contributed by atoms with Crippen molar-refractivity contribution in [3.8, 4) is 0 Å². The second kappa shape index (κ2) is 5.24. The van der Waals surface area contributed by atoms with Gasteiger partial charge in [-0.1, -0.05) is 6.92 Å². The number of nitrogens with two attached hydrogens (primary N) is 1. The lowest BCUT2D eigenvalue weighted by atomic mass is 9.87. The standard InChI is InChI=1S/C10H21NO4S2/c1-8-3-4-9(11)10(7-8)17(14,15)6-5-16(2,12)13/h8-10H,3-7,11H2,1-2H3. The molecule has 102 valence electrons. The predicted molar refractivity (Wildman–Crippen MR) is 68.3 cm³/mol. The third kappa shape index (κ3) is 4.56. The van der Waals surface area contributed by atoms with Crippen LogP contribution in [0.1, 0.15) is 26.2 Å². The maximum atomic E-state index is 12.0. The van der Waals surface area contributed by atoms with Gasteiger partial charge in [-0.05, 0) is 25.2 Å². The second-order valence-corrected chi connectivity index (χ2v) is 9.72. The Morgan fingerprint density at radius 3 is 2.24 bits per heavy atom. The molecule has 0 spiro atoms. The maximum absolute atomic E-state index is 12.0. The highest BCUT2D eigenvalue weighted by atomic mass is 32.2. The van der Waals surface area contributed by atoms with Crippen molar-refractivity contribution in [1.82, 2.24) is 0 Å². The number of hydrogen-bond acceptors (Lipinski definition) is 5. The summed E-state index contributed by atoms with van der Waals surface area (Å²) in [5, 5.41) is -0.576. The summed E-state index contributed by atoms with van der Waals surface area (Å²) in [5.74, 6) is -0.281. The van der Waals surface area contributed by atoms with Gasteiger partial charge in [0.15, 0.2) is 9.84 Å². The first-order valence-corrected chi connectivity index (χ1v) is 9.54. The molecule has 0 aromatic carbocycles. The number of sulfone groups is 2. The highest BCUT2D eigenvalue weighted by Gasteiger charge is 2.35. The fourth-order valence-electron chi connectivity index (χ4n) is 2.18. The molecule has 0 aromatic heterocycles. The molecule has 0 heterocycles. The minimum atomic E-state index is -3.40. The second-order valence-electron chi connectivity index (χ2n) is 5.12. The van der Waals surface area contributed by atoms with Crippen molar-refractivity contribution >= 4 is 19.7 Å². The Balaban J connectivity index is 2.75. The molecule has 7 heteroatoms. The molecule has 17 heavy (non-hydrogen) atoms. The van der Waals surface area contributed by atoms with Gasteiger partial charge in [-0.2, -0.15) is 0 Å². The minimum Gasteiger partial charge on any atom is -0.327 e. The average molecular weight is 283 g/mol. The van der Waals surface area contributed by atoms with Gasteiger partial charge < -0.3 is 5.73 Å². The molecule has 1 fully saturated rings. The lowest BCUT2D eigenvalue weighted by Gasteiger charge is -2.32. The van der Waals surface area contributed by atoms with E-state index in [1.165, 1.54) is 0 Å². The van der Waals surface area contributed by atoms with E-state index in [-0.39, 0.29) is 17.5 Å². The summed E-state index contributed by atoms with van der Waals surface area (Å²) in [5.41, 5.74) is 5.84. The van der Waals surface area contributed by atoms with Crippen LogP contribution in [-0.4, -0.2) is 45.9 Å². The average Bonchev–Trinajstić information content (AvgIpc) is 2.18. The molecule has 3 unspecified atom stereocenters. The van der Waals surface area contributed by atoms with Crippen LogP contribution in [0.15, 0.2) is 0 Å². The number of rotatable bonds is 4. The maximum Gasteiger partial charge on any atom is 0.155 e. The van der Waals surface area contributed by atoms with Crippen LogP contribution in [0.4, 0.5) is 0 Å². The third-order valence-corrected chi connectivity index (χ3v) is 6.75. The summed E-state index contributed by atoms with van der Waals surface area (Å²) in [6.07, 6.45) is 3.24. The monoisotopic (exact) mass is 283 g/mol. The quantitative estimate of drug-likeness (QED) is 0.781. The molecule has 0 saturated heterocycles. The summed E-state index contributed by atoms with van der Waals surface area (Å²) < 4.78 is 46.1. The topological polar surface area (TPSA) is 94.3 Å². The van der Waals surface area contributed by atoms with Crippen molar-refractivity contribution in [3.05, 3.63) is 0 Å². The smallest absolute Gasteiger partial charge is 0.155 e. The van der Waals surface area contributed by atoms with E-state index in [2.05, 4.69) is 0 Å². The van der Waals surface area contributed by atoms with Gasteiger partial charge in [-0.3, -0.25) is 0 Å². The van der Waals surface area contributed by atoms with Gasteiger partial charge in [0.25, 0.3) is 0 Å². The normalized spacial score (nSPS) is 31.4. The van der Waals surface area contributed by atoms with Gasteiger partial charge in [0.1, 0.15) is 9.84 Å². The van der Waals surface area contributed by atoms with Gasteiger partial charge in [0.05, 0.1) is 16.8 Å². The minimum absolute atomic E-state index is 0.309. The molecule has 0 bridgehead atoms. The van der Waals surface area contributed by atoms with Crippen LogP contribution < -0.4 is 5.73 Å². The van der Waals surface area contributed by atoms with Crippen LogP contribution in [0, 0.1) is 5.92 Å². The van der Waals surface area contributed by atoms with Crippen molar-refractivity contribution in [2.75, 3.05) is 17.8 Å². The zero-order valence-corrected chi connectivity index (χ0v) is 11.9. The molecule has 0 aromatic rings. The molecule has 0 aliphatic heterocycles. The van der Waals surface area contributed by atoms with Crippen molar-refractivity contribution in [1.29, 1.82) is 0 Å². The molecule has 1 aliphatic carbocycles. The van der Waals surface area contributed by atoms with Crippen molar-refractivity contribution in [2.45, 2.75) is 37.5 Å². The van der Waals surface area contributed by atoms with E-state index in [0.29, 0.717) is 18.8 Å². The van der Waals surface area contributed by atoms with Gasteiger partial charge in [-0.25, -0.2) is 16.8 Å². The van der Waals surface area contributed by atoms with Crippen molar-refractivity contribution < 1.29 is 16.8 Å². The van der Waals surface area contributed by atoms with Gasteiger partial charge in [-0.15, -0.1) is 0 Å². The van der Waals surface area contributed by atoms with E-state index < -0.39 is 24.9 Å². The zero-order chi connectivity index (χ0) is 13.3. The predicted octanol–water partition coefficient (Wildman–Crippen LogP) is -0.0383. The Morgan fingerprint density at radius 1 is 1.12 bits per heavy atom. The van der Waals surface area contributed by atoms with Gasteiger partial charge in [0, 0.05) is 12.3 Å². The van der Waals surface area contributed by atoms with Crippen molar-refractivity contribution in [3.63, 3.8) is 0 Å². The lowest BCUT2D eigenvalue weighted by Crippen LogP contribution is -2.46. The molecular formula is C10H21NO4S2. The van der Waals surface area contributed by atoms with E-state index >= 15 is 0 Å². The first-order valence-electron chi connectivity index (χ1n) is 5.76. The Hall–Kier alpha value is -0.140. The summed E-state index contributed by atoms with van der Waals surface area (Å²) in [6, 6.07) is -0.351. The van der Waals surface area contributed by atoms with E-state index in [1.54, 1.807) is 0 Å². The molecule has 3 atom stereocenters. The Labute approximate surface area is 104 Å². The lowest BCUT2D eigenvalue weighted by molar-refractivity contribution is 0.347.